The summed E-state index contributed by atoms with van der Waals surface area (Å²) in [6.45, 7) is 2.13. The maximum Gasteiger partial charge on any atom is 0.451 e. The minimum atomic E-state index is -1.40. The molecule has 0 saturated carbocycles. The number of carboxylic acid groups (broad SMARTS) is 1. The highest BCUT2D eigenvalue weighted by Crippen LogP contribution is 2.47. The Morgan fingerprint density at radius 1 is 1.28 bits per heavy atom. The third-order valence-corrected chi connectivity index (χ3v) is 6.22. The van der Waals surface area contributed by atoms with Crippen LogP contribution in [-0.2, 0) is 23.1 Å². The SMILES string of the molecule is C[C@@]1(C(=O)O)c2cc(-c3ccccc3CCN)c(F)cc2C[C@@H]1CCCB(O)O. The molecule has 7 heteroatoms. The molecular formula is C22H27BFNO4. The van der Waals surface area contributed by atoms with Crippen LogP contribution in [0.1, 0.15) is 36.5 Å². The van der Waals surface area contributed by atoms with Crippen molar-refractivity contribution in [1.29, 1.82) is 0 Å². The van der Waals surface area contributed by atoms with Gasteiger partial charge in [0, 0.05) is 5.56 Å². The average molecular weight is 399 g/mol. The van der Waals surface area contributed by atoms with Crippen molar-refractivity contribution < 1.29 is 24.3 Å². The minimum Gasteiger partial charge on any atom is -0.481 e. The van der Waals surface area contributed by atoms with E-state index in [-0.39, 0.29) is 18.1 Å². The lowest BCUT2D eigenvalue weighted by Gasteiger charge is -2.28. The van der Waals surface area contributed by atoms with Gasteiger partial charge in [0.25, 0.3) is 0 Å². The number of aliphatic carboxylic acids is 1. The van der Waals surface area contributed by atoms with Gasteiger partial charge in [-0.3, -0.25) is 4.79 Å². The molecule has 0 aliphatic heterocycles. The summed E-state index contributed by atoms with van der Waals surface area (Å²) in [4.78, 5) is 12.3. The van der Waals surface area contributed by atoms with Crippen molar-refractivity contribution in [2.24, 2.45) is 11.7 Å². The van der Waals surface area contributed by atoms with Gasteiger partial charge in [-0.1, -0.05) is 30.7 Å². The van der Waals surface area contributed by atoms with Gasteiger partial charge in [0.05, 0.1) is 5.41 Å². The normalized spacial score (nSPS) is 20.5. The highest BCUT2D eigenvalue weighted by molar-refractivity contribution is 6.40. The van der Waals surface area contributed by atoms with E-state index in [9.17, 15) is 9.90 Å². The molecule has 0 saturated heterocycles. The van der Waals surface area contributed by atoms with Gasteiger partial charge in [0.2, 0.25) is 0 Å². The molecule has 2 aromatic rings. The maximum absolute atomic E-state index is 15.0. The second-order valence-corrected chi connectivity index (χ2v) is 8.01. The first-order valence-corrected chi connectivity index (χ1v) is 9.99. The lowest BCUT2D eigenvalue weighted by Crippen LogP contribution is -2.37. The van der Waals surface area contributed by atoms with Crippen molar-refractivity contribution in [1.82, 2.24) is 0 Å². The monoisotopic (exact) mass is 399 g/mol. The van der Waals surface area contributed by atoms with Gasteiger partial charge < -0.3 is 20.9 Å². The van der Waals surface area contributed by atoms with Crippen LogP contribution in [0.15, 0.2) is 36.4 Å². The summed E-state index contributed by atoms with van der Waals surface area (Å²) in [6.07, 6.45) is 2.27. The Kier molecular flexibility index (Phi) is 6.41. The zero-order valence-electron chi connectivity index (χ0n) is 16.6. The number of rotatable bonds is 8. The standard InChI is InChI=1S/C22H27BFNO4/c1-22(21(26)27)16(6-4-9-23(28)29)11-15-12-20(24)18(13-19(15)22)17-7-3-2-5-14(17)8-10-25/h2-3,5,7,12-13,16,28-29H,4,6,8-11,25H2,1H3,(H,26,27)/t16-,22-/m0/s1. The van der Waals surface area contributed by atoms with Crippen LogP contribution in [0.5, 0.6) is 0 Å². The lowest BCUT2D eigenvalue weighted by atomic mass is 9.72. The van der Waals surface area contributed by atoms with Crippen LogP contribution in [0, 0.1) is 11.7 Å². The molecule has 0 unspecified atom stereocenters. The summed E-state index contributed by atoms with van der Waals surface area (Å²) in [5.41, 5.74) is 7.95. The van der Waals surface area contributed by atoms with Crippen LogP contribution in [0.3, 0.4) is 0 Å². The van der Waals surface area contributed by atoms with E-state index >= 15 is 4.39 Å². The van der Waals surface area contributed by atoms with Gasteiger partial charge in [-0.25, -0.2) is 4.39 Å². The van der Waals surface area contributed by atoms with Gasteiger partial charge >= 0.3 is 13.1 Å². The molecule has 0 radical (unpaired) electrons. The number of carbonyl (C=O) groups is 1. The van der Waals surface area contributed by atoms with Gasteiger partial charge in [-0.2, -0.15) is 0 Å². The molecule has 1 aliphatic rings. The van der Waals surface area contributed by atoms with Crippen LogP contribution in [0.2, 0.25) is 6.32 Å². The quantitative estimate of drug-likeness (QED) is 0.511. The van der Waals surface area contributed by atoms with Crippen LogP contribution < -0.4 is 5.73 Å². The molecule has 0 heterocycles. The number of halogens is 1. The maximum atomic E-state index is 15.0. The fourth-order valence-corrected chi connectivity index (χ4v) is 4.55. The number of hydrogen-bond donors (Lipinski definition) is 4. The molecule has 0 spiro atoms. The molecular weight excluding hydrogens is 372 g/mol. The average Bonchev–Trinajstić information content (AvgIpc) is 2.94. The van der Waals surface area contributed by atoms with Crippen molar-refractivity contribution in [3.8, 4) is 11.1 Å². The van der Waals surface area contributed by atoms with Crippen molar-refractivity contribution in [2.45, 2.75) is 44.3 Å². The molecule has 2 atom stereocenters. The van der Waals surface area contributed by atoms with Crippen LogP contribution in [0.25, 0.3) is 11.1 Å². The largest absolute Gasteiger partial charge is 0.481 e. The molecule has 5 N–H and O–H groups in total. The fourth-order valence-electron chi connectivity index (χ4n) is 4.55. The Balaban J connectivity index is 2.04. The molecule has 154 valence electrons. The van der Waals surface area contributed by atoms with E-state index in [1.165, 1.54) is 6.07 Å². The Morgan fingerprint density at radius 2 is 2.00 bits per heavy atom. The molecule has 29 heavy (non-hydrogen) atoms. The number of hydrogen-bond acceptors (Lipinski definition) is 4. The first kappa shape index (κ1) is 21.5. The summed E-state index contributed by atoms with van der Waals surface area (Å²) >= 11 is 0. The smallest absolute Gasteiger partial charge is 0.451 e. The first-order chi connectivity index (χ1) is 13.8. The predicted molar refractivity (Wildman–Crippen MR) is 111 cm³/mol. The van der Waals surface area contributed by atoms with Crippen molar-refractivity contribution >= 4 is 13.1 Å². The third kappa shape index (κ3) is 4.08. The number of fused-ring (bicyclic) bond motifs is 1. The number of nitrogens with two attached hydrogens (primary N) is 1. The molecule has 0 fully saturated rings. The van der Waals surface area contributed by atoms with E-state index in [0.717, 1.165) is 11.1 Å². The van der Waals surface area contributed by atoms with Crippen LogP contribution in [0.4, 0.5) is 4.39 Å². The van der Waals surface area contributed by atoms with Crippen molar-refractivity contribution in [2.75, 3.05) is 6.54 Å². The summed E-state index contributed by atoms with van der Waals surface area (Å²) in [5.74, 6) is -1.55. The molecule has 0 aromatic heterocycles. The Bertz CT molecular complexity index is 904. The van der Waals surface area contributed by atoms with Gasteiger partial charge in [-0.15, -0.1) is 0 Å². The van der Waals surface area contributed by atoms with E-state index < -0.39 is 18.5 Å². The second-order valence-electron chi connectivity index (χ2n) is 8.01. The molecule has 0 bridgehead atoms. The third-order valence-electron chi connectivity index (χ3n) is 6.22. The van der Waals surface area contributed by atoms with E-state index in [2.05, 4.69) is 0 Å². The second kappa shape index (κ2) is 8.65. The highest BCUT2D eigenvalue weighted by atomic mass is 19.1. The zero-order chi connectivity index (χ0) is 21.2. The van der Waals surface area contributed by atoms with Crippen LogP contribution in [-0.4, -0.2) is 34.8 Å². The summed E-state index contributed by atoms with van der Waals surface area (Å²) < 4.78 is 15.0. The summed E-state index contributed by atoms with van der Waals surface area (Å²) in [5, 5.41) is 28.2. The Morgan fingerprint density at radius 3 is 2.66 bits per heavy atom. The first-order valence-electron chi connectivity index (χ1n) is 9.99. The number of benzene rings is 2. The molecule has 3 rings (SSSR count). The van der Waals surface area contributed by atoms with Crippen LogP contribution >= 0.6 is 0 Å². The Hall–Kier alpha value is -2.22. The van der Waals surface area contributed by atoms with Gasteiger partial charge in [-0.05, 0) is 79.4 Å². The van der Waals surface area contributed by atoms with E-state index in [1.54, 1.807) is 13.0 Å². The van der Waals surface area contributed by atoms with E-state index in [0.29, 0.717) is 48.9 Å². The van der Waals surface area contributed by atoms with Crippen molar-refractivity contribution in [3.63, 3.8) is 0 Å². The molecule has 1 aliphatic carbocycles. The number of carboxylic acids is 1. The molecule has 2 aromatic carbocycles. The fraction of sp³-hybridized carbons (Fsp3) is 0.409. The minimum absolute atomic E-state index is 0.189. The zero-order valence-corrected chi connectivity index (χ0v) is 16.6. The topological polar surface area (TPSA) is 104 Å². The molecule has 5 nitrogen and oxygen atoms in total. The Labute approximate surface area is 170 Å². The summed E-state index contributed by atoms with van der Waals surface area (Å²) in [7, 11) is -1.40. The van der Waals surface area contributed by atoms with E-state index in [4.69, 9.17) is 15.8 Å². The lowest BCUT2D eigenvalue weighted by molar-refractivity contribution is -0.145. The highest BCUT2D eigenvalue weighted by Gasteiger charge is 2.49. The van der Waals surface area contributed by atoms with E-state index in [1.807, 2.05) is 24.3 Å². The summed E-state index contributed by atoms with van der Waals surface area (Å²) in [6, 6.07) is 10.6. The van der Waals surface area contributed by atoms with Crippen molar-refractivity contribution in [3.05, 3.63) is 58.9 Å². The van der Waals surface area contributed by atoms with Gasteiger partial charge in [0.15, 0.2) is 0 Å². The molecule has 0 amide bonds. The van der Waals surface area contributed by atoms with Gasteiger partial charge in [0.1, 0.15) is 5.82 Å². The predicted octanol–water partition coefficient (Wildman–Crippen LogP) is 2.76.